The predicted molar refractivity (Wildman–Crippen MR) is 123 cm³/mol. The number of hydrogen-bond acceptors (Lipinski definition) is 4. The molecule has 0 saturated carbocycles. The quantitative estimate of drug-likeness (QED) is 0.643. The summed E-state index contributed by atoms with van der Waals surface area (Å²) < 4.78 is 26.1. The number of rotatable bonds is 9. The Morgan fingerprint density at radius 2 is 1.65 bits per heavy atom. The van der Waals surface area contributed by atoms with Gasteiger partial charge in [0.05, 0.1) is 11.9 Å². The molecule has 31 heavy (non-hydrogen) atoms. The highest BCUT2D eigenvalue weighted by molar-refractivity contribution is 7.92. The highest BCUT2D eigenvalue weighted by atomic mass is 32.2. The molecule has 168 valence electrons. The summed E-state index contributed by atoms with van der Waals surface area (Å²) in [5.41, 5.74) is 3.28. The van der Waals surface area contributed by atoms with Crippen LogP contribution in [0.5, 0.6) is 0 Å². The van der Waals surface area contributed by atoms with Crippen molar-refractivity contribution in [1.29, 1.82) is 0 Å². The van der Waals surface area contributed by atoms with Gasteiger partial charge in [0.2, 0.25) is 21.8 Å². The van der Waals surface area contributed by atoms with Crippen molar-refractivity contribution in [3.63, 3.8) is 0 Å². The van der Waals surface area contributed by atoms with E-state index in [4.69, 9.17) is 0 Å². The van der Waals surface area contributed by atoms with Crippen LogP contribution in [0.2, 0.25) is 0 Å². The van der Waals surface area contributed by atoms with Crippen LogP contribution in [-0.4, -0.2) is 51.0 Å². The Morgan fingerprint density at radius 1 is 1.03 bits per heavy atom. The normalized spacial score (nSPS) is 12.2. The lowest BCUT2D eigenvalue weighted by molar-refractivity contribution is -0.140. The van der Waals surface area contributed by atoms with Crippen LogP contribution < -0.4 is 9.62 Å². The molecule has 2 rings (SSSR count). The smallest absolute Gasteiger partial charge is 0.244 e. The average molecular weight is 446 g/mol. The molecule has 0 aliphatic rings. The fourth-order valence-corrected chi connectivity index (χ4v) is 4.23. The molecule has 1 N–H and O–H groups in total. The van der Waals surface area contributed by atoms with Crippen LogP contribution in [0.15, 0.2) is 48.5 Å². The molecule has 2 aromatic carbocycles. The SMILES string of the molecule is CCC(C(=O)NC)N(Cc1ccccc1C)C(=O)CN(c1ccc(C)cc1)S(C)(=O)=O. The van der Waals surface area contributed by atoms with Crippen LogP contribution >= 0.6 is 0 Å². The lowest BCUT2D eigenvalue weighted by atomic mass is 10.1. The van der Waals surface area contributed by atoms with Gasteiger partial charge in [-0.15, -0.1) is 0 Å². The highest BCUT2D eigenvalue weighted by Crippen LogP contribution is 2.21. The van der Waals surface area contributed by atoms with Crippen molar-refractivity contribution < 1.29 is 18.0 Å². The third-order valence-corrected chi connectivity index (χ3v) is 6.38. The molecule has 7 nitrogen and oxygen atoms in total. The van der Waals surface area contributed by atoms with E-state index < -0.39 is 22.0 Å². The minimum atomic E-state index is -3.71. The minimum absolute atomic E-state index is 0.211. The summed E-state index contributed by atoms with van der Waals surface area (Å²) in [6.07, 6.45) is 1.47. The first-order valence-electron chi connectivity index (χ1n) is 10.2. The Morgan fingerprint density at radius 3 is 2.16 bits per heavy atom. The summed E-state index contributed by atoms with van der Waals surface area (Å²) in [5, 5.41) is 2.61. The van der Waals surface area contributed by atoms with Crippen molar-refractivity contribution in [1.82, 2.24) is 10.2 Å². The molecule has 0 saturated heterocycles. The molecule has 0 fully saturated rings. The number of benzene rings is 2. The van der Waals surface area contributed by atoms with E-state index in [2.05, 4.69) is 5.32 Å². The second-order valence-corrected chi connectivity index (χ2v) is 9.50. The molecule has 0 aliphatic heterocycles. The molecule has 0 radical (unpaired) electrons. The van der Waals surface area contributed by atoms with Gasteiger partial charge < -0.3 is 10.2 Å². The first-order valence-corrected chi connectivity index (χ1v) is 12.0. The van der Waals surface area contributed by atoms with E-state index in [0.29, 0.717) is 12.1 Å². The highest BCUT2D eigenvalue weighted by Gasteiger charge is 2.31. The predicted octanol–water partition coefficient (Wildman–Crippen LogP) is 2.62. The Hall–Kier alpha value is -2.87. The van der Waals surface area contributed by atoms with Crippen molar-refractivity contribution in [2.75, 3.05) is 24.2 Å². The van der Waals surface area contributed by atoms with Gasteiger partial charge in [-0.2, -0.15) is 0 Å². The Balaban J connectivity index is 2.43. The van der Waals surface area contributed by atoms with Crippen molar-refractivity contribution in [3.05, 3.63) is 65.2 Å². The molecule has 0 aliphatic carbocycles. The topological polar surface area (TPSA) is 86.8 Å². The van der Waals surface area contributed by atoms with E-state index in [-0.39, 0.29) is 19.0 Å². The average Bonchev–Trinajstić information content (AvgIpc) is 2.72. The van der Waals surface area contributed by atoms with E-state index in [1.165, 1.54) is 11.9 Å². The van der Waals surface area contributed by atoms with Gasteiger partial charge in [0.1, 0.15) is 12.6 Å². The van der Waals surface area contributed by atoms with E-state index in [9.17, 15) is 18.0 Å². The number of anilines is 1. The molecule has 1 atom stereocenters. The van der Waals surface area contributed by atoms with Gasteiger partial charge in [0.25, 0.3) is 0 Å². The molecule has 8 heteroatoms. The van der Waals surface area contributed by atoms with Crippen molar-refractivity contribution in [2.45, 2.75) is 39.8 Å². The number of nitrogens with one attached hydrogen (secondary N) is 1. The number of amides is 2. The second kappa shape index (κ2) is 10.4. The number of aryl methyl sites for hydroxylation is 2. The van der Waals surface area contributed by atoms with Gasteiger partial charge in [-0.1, -0.05) is 48.9 Å². The van der Waals surface area contributed by atoms with Gasteiger partial charge >= 0.3 is 0 Å². The third kappa shape index (κ3) is 6.30. The standard InChI is InChI=1S/C23H31N3O4S/c1-6-21(23(28)24-4)25(15-19-10-8-7-9-18(19)3)22(27)16-26(31(5,29)30)20-13-11-17(2)12-14-20/h7-14,21H,6,15-16H2,1-5H3,(H,24,28). The van der Waals surface area contributed by atoms with Crippen molar-refractivity contribution in [2.24, 2.45) is 0 Å². The van der Waals surface area contributed by atoms with Crippen LogP contribution in [0.1, 0.15) is 30.0 Å². The number of likely N-dealkylation sites (N-methyl/N-ethyl adjacent to an activating group) is 1. The number of sulfonamides is 1. The molecule has 0 spiro atoms. The Labute approximate surface area is 185 Å². The van der Waals surface area contributed by atoms with Gasteiger partial charge in [-0.25, -0.2) is 8.42 Å². The fourth-order valence-electron chi connectivity index (χ4n) is 3.38. The maximum Gasteiger partial charge on any atom is 0.244 e. The Bertz CT molecular complexity index is 1020. The minimum Gasteiger partial charge on any atom is -0.357 e. The summed E-state index contributed by atoms with van der Waals surface area (Å²) in [5.74, 6) is -0.727. The summed E-state index contributed by atoms with van der Waals surface area (Å²) >= 11 is 0. The summed E-state index contributed by atoms with van der Waals surface area (Å²) in [7, 11) is -2.19. The molecule has 2 aromatic rings. The number of nitrogens with zero attached hydrogens (tertiary/aromatic N) is 2. The lowest BCUT2D eigenvalue weighted by Crippen LogP contribution is -2.51. The Kier molecular flexibility index (Phi) is 8.21. The summed E-state index contributed by atoms with van der Waals surface area (Å²) in [4.78, 5) is 27.4. The molecule has 2 amide bonds. The van der Waals surface area contributed by atoms with Crippen LogP contribution in [0.4, 0.5) is 5.69 Å². The third-order valence-electron chi connectivity index (χ3n) is 5.24. The number of carbonyl (C=O) groups excluding carboxylic acids is 2. The molecule has 1 unspecified atom stereocenters. The van der Waals surface area contributed by atoms with E-state index in [0.717, 1.165) is 27.3 Å². The molecular weight excluding hydrogens is 414 g/mol. The summed E-state index contributed by atoms with van der Waals surface area (Å²) in [6, 6.07) is 13.8. The van der Waals surface area contributed by atoms with Gasteiger partial charge in [0, 0.05) is 13.6 Å². The number of hydrogen-bond donors (Lipinski definition) is 1. The van der Waals surface area contributed by atoms with Gasteiger partial charge in [-0.3, -0.25) is 13.9 Å². The maximum atomic E-state index is 13.4. The van der Waals surface area contributed by atoms with Crippen LogP contribution in [0.25, 0.3) is 0 Å². The number of carbonyl (C=O) groups is 2. The van der Waals surface area contributed by atoms with Gasteiger partial charge in [0.15, 0.2) is 0 Å². The first-order chi connectivity index (χ1) is 14.6. The van der Waals surface area contributed by atoms with Crippen LogP contribution in [0, 0.1) is 13.8 Å². The fraction of sp³-hybridized carbons (Fsp3) is 0.391. The molecule has 0 aromatic heterocycles. The van der Waals surface area contributed by atoms with Crippen molar-refractivity contribution in [3.8, 4) is 0 Å². The molecule has 0 heterocycles. The van der Waals surface area contributed by atoms with Crippen LogP contribution in [-0.2, 0) is 26.2 Å². The van der Waals surface area contributed by atoms with E-state index in [1.807, 2.05) is 45.0 Å². The maximum absolute atomic E-state index is 13.4. The molecular formula is C23H31N3O4S. The largest absolute Gasteiger partial charge is 0.357 e. The first kappa shape index (κ1) is 24.4. The molecule has 0 bridgehead atoms. The van der Waals surface area contributed by atoms with Crippen LogP contribution in [0.3, 0.4) is 0 Å². The lowest BCUT2D eigenvalue weighted by Gasteiger charge is -2.33. The second-order valence-electron chi connectivity index (χ2n) is 7.59. The van der Waals surface area contributed by atoms with Gasteiger partial charge in [-0.05, 0) is 43.5 Å². The monoisotopic (exact) mass is 445 g/mol. The zero-order chi connectivity index (χ0) is 23.2. The summed E-state index contributed by atoms with van der Waals surface area (Å²) in [6.45, 7) is 5.49. The van der Waals surface area contributed by atoms with Crippen molar-refractivity contribution >= 4 is 27.5 Å². The van der Waals surface area contributed by atoms with E-state index >= 15 is 0 Å². The van der Waals surface area contributed by atoms with E-state index in [1.54, 1.807) is 24.3 Å². The zero-order valence-electron chi connectivity index (χ0n) is 18.8. The zero-order valence-corrected chi connectivity index (χ0v) is 19.6.